The molecule has 1 rings (SSSR count). The van der Waals surface area contributed by atoms with E-state index in [0.29, 0.717) is 0 Å². The van der Waals surface area contributed by atoms with Crippen LogP contribution in [-0.2, 0) is 4.79 Å². The van der Waals surface area contributed by atoms with Gasteiger partial charge >= 0.3 is 0 Å². The zero-order valence-electron chi connectivity index (χ0n) is 6.62. The molecule has 0 bridgehead atoms. The molecule has 12 heavy (non-hydrogen) atoms. The summed E-state index contributed by atoms with van der Waals surface area (Å²) in [7, 11) is 0. The molecular formula is C8H9BrN2O. The normalized spacial score (nSPS) is 12.5. The number of pyridine rings is 1. The van der Waals surface area contributed by atoms with Gasteiger partial charge in [-0.25, -0.2) is 0 Å². The van der Waals surface area contributed by atoms with Gasteiger partial charge in [0.15, 0.2) is 0 Å². The minimum absolute atomic E-state index is 0.282. The summed E-state index contributed by atoms with van der Waals surface area (Å²) in [5.41, 5.74) is 5.97. The van der Waals surface area contributed by atoms with Crippen LogP contribution in [0.5, 0.6) is 0 Å². The number of nitrogens with zero attached hydrogens (tertiary/aromatic N) is 1. The standard InChI is InChI=1S/C8H9BrN2O/c1-5(8(10)12)6-2-7(9)4-11-3-6/h2-5H,1H3,(H2,10,12). The van der Waals surface area contributed by atoms with Gasteiger partial charge in [0.05, 0.1) is 5.92 Å². The first-order valence-corrected chi connectivity index (χ1v) is 4.30. The van der Waals surface area contributed by atoms with Gasteiger partial charge in [0, 0.05) is 16.9 Å². The van der Waals surface area contributed by atoms with Crippen molar-refractivity contribution in [2.75, 3.05) is 0 Å². The number of carbonyl (C=O) groups is 1. The molecule has 0 spiro atoms. The van der Waals surface area contributed by atoms with E-state index in [1.165, 1.54) is 0 Å². The van der Waals surface area contributed by atoms with Gasteiger partial charge in [0.1, 0.15) is 0 Å². The SMILES string of the molecule is CC(C(N)=O)c1cncc(Br)c1. The highest BCUT2D eigenvalue weighted by Gasteiger charge is 2.11. The molecule has 1 heterocycles. The summed E-state index contributed by atoms with van der Waals surface area (Å²) in [5, 5.41) is 0. The molecule has 1 aromatic rings. The monoisotopic (exact) mass is 228 g/mol. The van der Waals surface area contributed by atoms with Gasteiger partial charge < -0.3 is 5.73 Å². The van der Waals surface area contributed by atoms with Crippen LogP contribution in [0.4, 0.5) is 0 Å². The van der Waals surface area contributed by atoms with E-state index < -0.39 is 0 Å². The zero-order chi connectivity index (χ0) is 9.14. The maximum absolute atomic E-state index is 10.8. The Morgan fingerprint density at radius 1 is 1.67 bits per heavy atom. The van der Waals surface area contributed by atoms with Crippen molar-refractivity contribution in [1.82, 2.24) is 4.98 Å². The van der Waals surface area contributed by atoms with Gasteiger partial charge in [-0.2, -0.15) is 0 Å². The average Bonchev–Trinajstić information content (AvgIpc) is 2.03. The summed E-state index contributed by atoms with van der Waals surface area (Å²) in [6, 6.07) is 1.84. The Balaban J connectivity index is 2.95. The topological polar surface area (TPSA) is 56.0 Å². The predicted molar refractivity (Wildman–Crippen MR) is 49.5 cm³/mol. The number of carbonyl (C=O) groups excluding carboxylic acids is 1. The van der Waals surface area contributed by atoms with Crippen molar-refractivity contribution < 1.29 is 4.79 Å². The highest BCUT2D eigenvalue weighted by molar-refractivity contribution is 9.10. The molecule has 2 N–H and O–H groups in total. The number of amides is 1. The molecule has 1 unspecified atom stereocenters. The molecule has 0 aliphatic heterocycles. The molecule has 4 heteroatoms. The second-order valence-electron chi connectivity index (χ2n) is 2.56. The van der Waals surface area contributed by atoms with Gasteiger partial charge in [-0.1, -0.05) is 0 Å². The van der Waals surface area contributed by atoms with Crippen molar-refractivity contribution in [1.29, 1.82) is 0 Å². The Morgan fingerprint density at radius 2 is 2.33 bits per heavy atom. The van der Waals surface area contributed by atoms with Crippen LogP contribution in [0.15, 0.2) is 22.9 Å². The Kier molecular flexibility index (Phi) is 2.81. The molecule has 0 fully saturated rings. The lowest BCUT2D eigenvalue weighted by Gasteiger charge is -2.06. The third kappa shape index (κ3) is 2.04. The number of nitrogens with two attached hydrogens (primary N) is 1. The lowest BCUT2D eigenvalue weighted by molar-refractivity contribution is -0.119. The largest absolute Gasteiger partial charge is 0.369 e. The van der Waals surface area contributed by atoms with Gasteiger partial charge in [0.2, 0.25) is 5.91 Å². The molecule has 0 saturated carbocycles. The summed E-state index contributed by atoms with van der Waals surface area (Å²) in [4.78, 5) is 14.7. The van der Waals surface area contributed by atoms with Crippen molar-refractivity contribution in [2.45, 2.75) is 12.8 Å². The summed E-state index contributed by atoms with van der Waals surface area (Å²) < 4.78 is 0.855. The maximum atomic E-state index is 10.8. The molecular weight excluding hydrogens is 220 g/mol. The van der Waals surface area contributed by atoms with E-state index in [9.17, 15) is 4.79 Å². The third-order valence-electron chi connectivity index (χ3n) is 1.65. The van der Waals surface area contributed by atoms with E-state index in [1.54, 1.807) is 19.3 Å². The first-order valence-electron chi connectivity index (χ1n) is 3.51. The molecule has 64 valence electrons. The van der Waals surface area contributed by atoms with Crippen LogP contribution in [0.2, 0.25) is 0 Å². The minimum atomic E-state index is -0.338. The van der Waals surface area contributed by atoms with Crippen molar-refractivity contribution in [2.24, 2.45) is 5.73 Å². The summed E-state index contributed by atoms with van der Waals surface area (Å²) >= 11 is 3.26. The van der Waals surface area contributed by atoms with Crippen LogP contribution in [0.1, 0.15) is 18.4 Å². The number of halogens is 1. The van der Waals surface area contributed by atoms with Crippen LogP contribution < -0.4 is 5.73 Å². The van der Waals surface area contributed by atoms with E-state index in [4.69, 9.17) is 5.73 Å². The third-order valence-corrected chi connectivity index (χ3v) is 2.09. The van der Waals surface area contributed by atoms with E-state index in [0.717, 1.165) is 10.0 Å². The van der Waals surface area contributed by atoms with Crippen LogP contribution in [0.25, 0.3) is 0 Å². The Morgan fingerprint density at radius 3 is 2.83 bits per heavy atom. The van der Waals surface area contributed by atoms with E-state index in [2.05, 4.69) is 20.9 Å². The minimum Gasteiger partial charge on any atom is -0.369 e. The Bertz CT molecular complexity index is 301. The van der Waals surface area contributed by atoms with E-state index in [-0.39, 0.29) is 11.8 Å². The zero-order valence-corrected chi connectivity index (χ0v) is 8.21. The van der Waals surface area contributed by atoms with Crippen LogP contribution in [0, 0.1) is 0 Å². The van der Waals surface area contributed by atoms with Gasteiger partial charge in [-0.15, -0.1) is 0 Å². The first kappa shape index (κ1) is 9.19. The van der Waals surface area contributed by atoms with E-state index >= 15 is 0 Å². The fourth-order valence-corrected chi connectivity index (χ4v) is 1.21. The highest BCUT2D eigenvalue weighted by Crippen LogP contribution is 2.17. The number of hydrogen-bond donors (Lipinski definition) is 1. The highest BCUT2D eigenvalue weighted by atomic mass is 79.9. The second-order valence-corrected chi connectivity index (χ2v) is 3.48. The number of primary amides is 1. The van der Waals surface area contributed by atoms with E-state index in [1.807, 2.05) is 6.07 Å². The fourth-order valence-electron chi connectivity index (χ4n) is 0.829. The average molecular weight is 229 g/mol. The van der Waals surface area contributed by atoms with Crippen molar-refractivity contribution >= 4 is 21.8 Å². The second kappa shape index (κ2) is 3.67. The summed E-state index contributed by atoms with van der Waals surface area (Å²) in [5.74, 6) is -0.620. The lowest BCUT2D eigenvalue weighted by atomic mass is 10.0. The number of rotatable bonds is 2. The molecule has 0 radical (unpaired) electrons. The van der Waals surface area contributed by atoms with Crippen LogP contribution >= 0.6 is 15.9 Å². The molecule has 1 aromatic heterocycles. The summed E-state index contributed by atoms with van der Waals surface area (Å²) in [6.45, 7) is 1.76. The Labute approximate surface area is 79.1 Å². The van der Waals surface area contributed by atoms with Crippen molar-refractivity contribution in [3.05, 3.63) is 28.5 Å². The van der Waals surface area contributed by atoms with Crippen molar-refractivity contribution in [3.63, 3.8) is 0 Å². The van der Waals surface area contributed by atoms with Gasteiger partial charge in [-0.05, 0) is 34.5 Å². The number of hydrogen-bond acceptors (Lipinski definition) is 2. The predicted octanol–water partition coefficient (Wildman–Crippen LogP) is 1.43. The molecule has 1 atom stereocenters. The smallest absolute Gasteiger partial charge is 0.224 e. The quantitative estimate of drug-likeness (QED) is 0.833. The molecule has 0 aromatic carbocycles. The lowest BCUT2D eigenvalue weighted by Crippen LogP contribution is -2.18. The number of aromatic nitrogens is 1. The summed E-state index contributed by atoms with van der Waals surface area (Å²) in [6.07, 6.45) is 3.30. The van der Waals surface area contributed by atoms with Crippen LogP contribution in [-0.4, -0.2) is 10.9 Å². The molecule has 3 nitrogen and oxygen atoms in total. The first-order chi connectivity index (χ1) is 5.61. The molecule has 0 aliphatic rings. The van der Waals surface area contributed by atoms with Crippen molar-refractivity contribution in [3.8, 4) is 0 Å². The molecule has 0 saturated heterocycles. The van der Waals surface area contributed by atoms with Gasteiger partial charge in [0.25, 0.3) is 0 Å². The molecule has 0 aliphatic carbocycles. The molecule has 1 amide bonds. The maximum Gasteiger partial charge on any atom is 0.224 e. The van der Waals surface area contributed by atoms with Crippen LogP contribution in [0.3, 0.4) is 0 Å². The Hall–Kier alpha value is -0.900. The fraction of sp³-hybridized carbons (Fsp3) is 0.250. The van der Waals surface area contributed by atoms with Gasteiger partial charge in [-0.3, -0.25) is 9.78 Å².